The maximum absolute atomic E-state index is 11.8. The predicted octanol–water partition coefficient (Wildman–Crippen LogP) is 4.42. The van der Waals surface area contributed by atoms with Gasteiger partial charge in [0.05, 0.1) is 14.4 Å². The first-order chi connectivity index (χ1) is 10.9. The Morgan fingerprint density at radius 3 is 2.74 bits per heavy atom. The molecule has 0 saturated carbocycles. The van der Waals surface area contributed by atoms with Crippen molar-refractivity contribution in [3.05, 3.63) is 14.3 Å². The number of aromatic nitrogens is 3. The van der Waals surface area contributed by atoms with Gasteiger partial charge in [0.15, 0.2) is 11.0 Å². The minimum Gasteiger partial charge on any atom is -0.355 e. The Hall–Kier alpha value is -0.380. The molecule has 0 spiro atoms. The number of nitrogens with zero attached hydrogens (tertiary/aromatic N) is 3. The van der Waals surface area contributed by atoms with Crippen molar-refractivity contribution in [2.75, 3.05) is 12.3 Å². The average molecular weight is 482 g/mol. The summed E-state index contributed by atoms with van der Waals surface area (Å²) in [6.07, 6.45) is 0. The van der Waals surface area contributed by atoms with Crippen LogP contribution in [0.25, 0.3) is 10.7 Å². The summed E-state index contributed by atoms with van der Waals surface area (Å²) in [5, 5.41) is 12.2. The number of thioether (sulfide) groups is 1. The minimum atomic E-state index is 0.0255. The van der Waals surface area contributed by atoms with Gasteiger partial charge >= 0.3 is 0 Å². The van der Waals surface area contributed by atoms with Gasteiger partial charge in [-0.1, -0.05) is 25.6 Å². The molecule has 5 nitrogen and oxygen atoms in total. The van der Waals surface area contributed by atoms with E-state index in [2.05, 4.69) is 61.2 Å². The number of thiophene rings is 1. The van der Waals surface area contributed by atoms with Crippen LogP contribution in [0.3, 0.4) is 0 Å². The zero-order valence-corrected chi connectivity index (χ0v) is 17.9. The number of amides is 1. The zero-order valence-electron chi connectivity index (χ0n) is 13.1. The standard InChI is InChI=1S/C14H18Br2N4OS2/c1-4-20-13(10-5-9(15)12(16)23-10)18-19-14(20)22-7-11(21)17-6-8(2)3/h5,8H,4,6-7H2,1-3H3,(H,17,21). The third-order valence-corrected chi connectivity index (χ3v) is 7.16. The van der Waals surface area contributed by atoms with Gasteiger partial charge in [0, 0.05) is 17.6 Å². The largest absolute Gasteiger partial charge is 0.355 e. The topological polar surface area (TPSA) is 59.8 Å². The van der Waals surface area contributed by atoms with Gasteiger partial charge in [-0.05, 0) is 50.8 Å². The predicted molar refractivity (Wildman–Crippen MR) is 103 cm³/mol. The van der Waals surface area contributed by atoms with E-state index in [0.29, 0.717) is 18.2 Å². The van der Waals surface area contributed by atoms with Crippen molar-refractivity contribution in [1.29, 1.82) is 0 Å². The van der Waals surface area contributed by atoms with Crippen molar-refractivity contribution in [2.45, 2.75) is 32.5 Å². The molecule has 9 heteroatoms. The van der Waals surface area contributed by atoms with Crippen LogP contribution in [0.5, 0.6) is 0 Å². The first-order valence-electron chi connectivity index (χ1n) is 7.20. The maximum Gasteiger partial charge on any atom is 0.230 e. The lowest BCUT2D eigenvalue weighted by Crippen LogP contribution is -2.28. The second kappa shape index (κ2) is 8.64. The Morgan fingerprint density at radius 2 is 2.17 bits per heavy atom. The maximum atomic E-state index is 11.8. The SMILES string of the molecule is CCn1c(SCC(=O)NCC(C)C)nnc1-c1cc(Br)c(Br)s1. The van der Waals surface area contributed by atoms with E-state index >= 15 is 0 Å². The van der Waals surface area contributed by atoms with Gasteiger partial charge in [-0.3, -0.25) is 4.79 Å². The summed E-state index contributed by atoms with van der Waals surface area (Å²) in [5.74, 6) is 1.65. The molecule has 0 saturated heterocycles. The highest BCUT2D eigenvalue weighted by atomic mass is 79.9. The molecular formula is C14H18Br2N4OS2. The molecule has 0 fully saturated rings. The summed E-state index contributed by atoms with van der Waals surface area (Å²) in [4.78, 5) is 12.9. The van der Waals surface area contributed by atoms with Crippen LogP contribution in [0.2, 0.25) is 0 Å². The Bertz CT molecular complexity index is 665. The molecule has 0 unspecified atom stereocenters. The van der Waals surface area contributed by atoms with E-state index in [0.717, 1.165) is 30.7 Å². The monoisotopic (exact) mass is 480 g/mol. The van der Waals surface area contributed by atoms with Gasteiger partial charge in [0.1, 0.15) is 0 Å². The molecule has 0 aliphatic rings. The van der Waals surface area contributed by atoms with E-state index in [1.54, 1.807) is 11.3 Å². The van der Waals surface area contributed by atoms with E-state index in [9.17, 15) is 4.79 Å². The lowest BCUT2D eigenvalue weighted by molar-refractivity contribution is -0.118. The first-order valence-corrected chi connectivity index (χ1v) is 10.6. The molecule has 0 bridgehead atoms. The summed E-state index contributed by atoms with van der Waals surface area (Å²) < 4.78 is 4.07. The molecule has 2 rings (SSSR count). The lowest BCUT2D eigenvalue weighted by atomic mass is 10.2. The molecule has 2 aromatic rings. The fourth-order valence-electron chi connectivity index (χ4n) is 1.82. The third-order valence-electron chi connectivity index (χ3n) is 2.94. The number of hydrogen-bond acceptors (Lipinski definition) is 5. The molecule has 0 atom stereocenters. The lowest BCUT2D eigenvalue weighted by Gasteiger charge is -2.08. The van der Waals surface area contributed by atoms with Crippen molar-refractivity contribution >= 4 is 60.9 Å². The van der Waals surface area contributed by atoms with Crippen molar-refractivity contribution in [3.8, 4) is 10.7 Å². The highest BCUT2D eigenvalue weighted by Crippen LogP contribution is 2.38. The molecule has 1 amide bonds. The summed E-state index contributed by atoms with van der Waals surface area (Å²) in [5.41, 5.74) is 0. The fraction of sp³-hybridized carbons (Fsp3) is 0.500. The van der Waals surface area contributed by atoms with Crippen LogP contribution in [0.4, 0.5) is 0 Å². The Morgan fingerprint density at radius 1 is 1.43 bits per heavy atom. The molecule has 23 heavy (non-hydrogen) atoms. The van der Waals surface area contributed by atoms with Crippen LogP contribution < -0.4 is 5.32 Å². The van der Waals surface area contributed by atoms with Crippen molar-refractivity contribution in [3.63, 3.8) is 0 Å². The third kappa shape index (κ3) is 5.04. The quantitative estimate of drug-likeness (QED) is 0.594. The van der Waals surface area contributed by atoms with Crippen LogP contribution in [0.15, 0.2) is 19.5 Å². The Kier molecular flexibility index (Phi) is 7.12. The molecule has 1 N–H and O–H groups in total. The smallest absolute Gasteiger partial charge is 0.230 e. The van der Waals surface area contributed by atoms with Crippen LogP contribution >= 0.6 is 55.0 Å². The summed E-state index contributed by atoms with van der Waals surface area (Å²) in [6.45, 7) is 7.65. The normalized spacial score (nSPS) is 11.2. The van der Waals surface area contributed by atoms with E-state index in [4.69, 9.17) is 0 Å². The van der Waals surface area contributed by atoms with E-state index in [-0.39, 0.29) is 5.91 Å². The second-order valence-electron chi connectivity index (χ2n) is 5.27. The van der Waals surface area contributed by atoms with E-state index < -0.39 is 0 Å². The van der Waals surface area contributed by atoms with Crippen molar-refractivity contribution in [1.82, 2.24) is 20.1 Å². The number of hydrogen-bond donors (Lipinski definition) is 1. The minimum absolute atomic E-state index is 0.0255. The number of nitrogens with one attached hydrogen (secondary N) is 1. The van der Waals surface area contributed by atoms with Crippen molar-refractivity contribution in [2.24, 2.45) is 5.92 Å². The van der Waals surface area contributed by atoms with Crippen LogP contribution in [-0.2, 0) is 11.3 Å². The zero-order chi connectivity index (χ0) is 17.0. The molecule has 126 valence electrons. The highest BCUT2D eigenvalue weighted by Gasteiger charge is 2.17. The molecule has 0 aliphatic carbocycles. The van der Waals surface area contributed by atoms with Crippen molar-refractivity contribution < 1.29 is 4.79 Å². The van der Waals surface area contributed by atoms with Crippen LogP contribution in [0.1, 0.15) is 20.8 Å². The molecule has 0 aliphatic heterocycles. The summed E-state index contributed by atoms with van der Waals surface area (Å²) >= 11 is 10.0. The second-order valence-corrected chi connectivity index (χ2v) is 9.44. The number of halogens is 2. The Balaban J connectivity index is 2.08. The number of carbonyl (C=O) groups is 1. The van der Waals surface area contributed by atoms with Gasteiger partial charge in [0.2, 0.25) is 5.91 Å². The van der Waals surface area contributed by atoms with Gasteiger partial charge in [-0.2, -0.15) is 0 Å². The molecule has 0 radical (unpaired) electrons. The molecule has 0 aromatic carbocycles. The summed E-state index contributed by atoms with van der Waals surface area (Å²) in [7, 11) is 0. The van der Waals surface area contributed by atoms with Crippen LogP contribution in [-0.4, -0.2) is 33.0 Å². The van der Waals surface area contributed by atoms with E-state index in [1.807, 2.05) is 17.6 Å². The number of rotatable bonds is 7. The highest BCUT2D eigenvalue weighted by molar-refractivity contribution is 9.13. The molecular weight excluding hydrogens is 464 g/mol. The fourth-order valence-corrected chi connectivity index (χ4v) is 4.68. The van der Waals surface area contributed by atoms with Crippen LogP contribution in [0, 0.1) is 5.92 Å². The number of carbonyl (C=O) groups excluding carboxylic acids is 1. The Labute approximate surface area is 160 Å². The van der Waals surface area contributed by atoms with E-state index in [1.165, 1.54) is 11.8 Å². The average Bonchev–Trinajstić information content (AvgIpc) is 3.06. The first kappa shape index (κ1) is 19.0. The van der Waals surface area contributed by atoms with Gasteiger partial charge < -0.3 is 9.88 Å². The molecule has 2 aromatic heterocycles. The molecule has 2 heterocycles. The van der Waals surface area contributed by atoms with Gasteiger partial charge in [0.25, 0.3) is 0 Å². The van der Waals surface area contributed by atoms with Gasteiger partial charge in [-0.25, -0.2) is 0 Å². The summed E-state index contributed by atoms with van der Waals surface area (Å²) in [6, 6.07) is 2.02. The van der Waals surface area contributed by atoms with Gasteiger partial charge in [-0.15, -0.1) is 21.5 Å².